The molecule has 0 saturated carbocycles. The summed E-state index contributed by atoms with van der Waals surface area (Å²) in [5.41, 5.74) is 1.32. The fourth-order valence-corrected chi connectivity index (χ4v) is 3.91. The number of anilines is 1. The molecule has 2 aromatic carbocycles. The quantitative estimate of drug-likeness (QED) is 0.684. The summed E-state index contributed by atoms with van der Waals surface area (Å²) < 4.78 is 32.0. The second kappa shape index (κ2) is 8.08. The minimum atomic E-state index is -4.03. The zero-order valence-electron chi connectivity index (χ0n) is 13.7. The van der Waals surface area contributed by atoms with E-state index in [0.29, 0.717) is 5.69 Å². The van der Waals surface area contributed by atoms with E-state index in [1.165, 1.54) is 18.2 Å². The van der Waals surface area contributed by atoms with Crippen molar-refractivity contribution in [1.29, 1.82) is 0 Å². The molecule has 0 radical (unpaired) electrons. The predicted molar refractivity (Wildman–Crippen MR) is 98.8 cm³/mol. The van der Waals surface area contributed by atoms with Gasteiger partial charge in [-0.1, -0.05) is 40.9 Å². The Hall–Kier alpha value is -1.76. The Balaban J connectivity index is 2.50. The highest BCUT2D eigenvalue weighted by Crippen LogP contribution is 2.29. The van der Waals surface area contributed by atoms with E-state index in [-0.39, 0.29) is 21.5 Å². The van der Waals surface area contributed by atoms with E-state index < -0.39 is 22.5 Å². The number of carbonyl (C=O) groups excluding carboxylic acids is 1. The van der Waals surface area contributed by atoms with Crippen LogP contribution >= 0.6 is 23.2 Å². The Kier molecular flexibility index (Phi) is 6.32. The molecule has 0 aliphatic rings. The van der Waals surface area contributed by atoms with Crippen molar-refractivity contribution in [2.75, 3.05) is 17.5 Å². The third-order valence-corrected chi connectivity index (χ3v) is 5.89. The molecule has 2 rings (SSSR count). The van der Waals surface area contributed by atoms with Crippen LogP contribution in [0.1, 0.15) is 12.5 Å². The Bertz CT molecular complexity index is 867. The molecular weight excluding hydrogens is 385 g/mol. The van der Waals surface area contributed by atoms with Gasteiger partial charge in [0.1, 0.15) is 6.54 Å². The van der Waals surface area contributed by atoms with E-state index in [9.17, 15) is 13.2 Å². The first kappa shape index (κ1) is 19.6. The summed E-state index contributed by atoms with van der Waals surface area (Å²) in [6.45, 7) is 3.25. The van der Waals surface area contributed by atoms with Crippen molar-refractivity contribution in [2.45, 2.75) is 18.7 Å². The van der Waals surface area contributed by atoms with Crippen LogP contribution in [0, 0.1) is 6.92 Å². The van der Waals surface area contributed by atoms with Gasteiger partial charge < -0.3 is 4.74 Å². The number of carbonyl (C=O) groups is 1. The number of benzene rings is 2. The number of hydrogen-bond acceptors (Lipinski definition) is 4. The lowest BCUT2D eigenvalue weighted by molar-refractivity contribution is -0.141. The largest absolute Gasteiger partial charge is 0.465 e. The van der Waals surface area contributed by atoms with E-state index in [0.717, 1.165) is 9.87 Å². The van der Waals surface area contributed by atoms with Crippen LogP contribution in [0.5, 0.6) is 0 Å². The molecule has 0 amide bonds. The summed E-state index contributed by atoms with van der Waals surface area (Å²) in [6, 6.07) is 10.8. The zero-order chi connectivity index (χ0) is 18.6. The molecule has 0 fully saturated rings. The summed E-state index contributed by atoms with van der Waals surface area (Å²) in [4.78, 5) is 11.9. The van der Waals surface area contributed by atoms with Crippen LogP contribution in [-0.2, 0) is 19.6 Å². The van der Waals surface area contributed by atoms with Crippen LogP contribution in [0.15, 0.2) is 47.4 Å². The first-order valence-electron chi connectivity index (χ1n) is 7.45. The maximum absolute atomic E-state index is 13.0. The average Bonchev–Trinajstić information content (AvgIpc) is 2.56. The summed E-state index contributed by atoms with van der Waals surface area (Å²) in [6.07, 6.45) is 0. The highest BCUT2D eigenvalue weighted by molar-refractivity contribution is 7.92. The summed E-state index contributed by atoms with van der Waals surface area (Å²) in [7, 11) is -4.03. The number of aryl methyl sites for hydroxylation is 1. The molecule has 2 aromatic rings. The SMILES string of the molecule is CCOC(=O)CN(c1ccc(C)cc1)S(=O)(=O)c1ccc(Cl)c(Cl)c1. The van der Waals surface area contributed by atoms with Crippen molar-refractivity contribution in [3.05, 3.63) is 58.1 Å². The number of nitrogens with zero attached hydrogens (tertiary/aromatic N) is 1. The van der Waals surface area contributed by atoms with Gasteiger partial charge in [0.2, 0.25) is 0 Å². The van der Waals surface area contributed by atoms with Gasteiger partial charge in [-0.05, 0) is 44.2 Å². The number of ether oxygens (including phenoxy) is 1. The standard InChI is InChI=1S/C17H17Cl2NO4S/c1-3-24-17(21)11-20(13-6-4-12(2)5-7-13)25(22,23)14-8-9-15(18)16(19)10-14/h4-10H,3,11H2,1-2H3. The highest BCUT2D eigenvalue weighted by atomic mass is 35.5. The lowest BCUT2D eigenvalue weighted by Gasteiger charge is -2.24. The predicted octanol–water partition coefficient (Wildman–Crippen LogP) is 4.06. The van der Waals surface area contributed by atoms with Crippen LogP contribution < -0.4 is 4.31 Å². The second-order valence-electron chi connectivity index (χ2n) is 5.23. The summed E-state index contributed by atoms with van der Waals surface area (Å²) in [5, 5.41) is 0.357. The molecule has 0 heterocycles. The molecule has 8 heteroatoms. The van der Waals surface area contributed by atoms with Crippen molar-refractivity contribution in [2.24, 2.45) is 0 Å². The molecule has 5 nitrogen and oxygen atoms in total. The molecule has 0 N–H and O–H groups in total. The minimum Gasteiger partial charge on any atom is -0.465 e. The summed E-state index contributed by atoms with van der Waals surface area (Å²) in [5.74, 6) is -0.647. The van der Waals surface area contributed by atoms with Gasteiger partial charge in [0, 0.05) is 0 Å². The van der Waals surface area contributed by atoms with Crippen molar-refractivity contribution >= 4 is 44.9 Å². The van der Waals surface area contributed by atoms with E-state index >= 15 is 0 Å². The molecule has 0 atom stereocenters. The summed E-state index contributed by atoms with van der Waals surface area (Å²) >= 11 is 11.8. The van der Waals surface area contributed by atoms with Crippen molar-refractivity contribution in [3.8, 4) is 0 Å². The molecule has 25 heavy (non-hydrogen) atoms. The van der Waals surface area contributed by atoms with Gasteiger partial charge >= 0.3 is 5.97 Å². The number of rotatable bonds is 6. The first-order valence-corrected chi connectivity index (χ1v) is 9.65. The average molecular weight is 402 g/mol. The maximum atomic E-state index is 13.0. The van der Waals surface area contributed by atoms with Crippen molar-refractivity contribution in [1.82, 2.24) is 0 Å². The van der Waals surface area contributed by atoms with Crippen molar-refractivity contribution in [3.63, 3.8) is 0 Å². The van der Waals surface area contributed by atoms with Gasteiger partial charge in [-0.2, -0.15) is 0 Å². The number of sulfonamides is 1. The zero-order valence-corrected chi connectivity index (χ0v) is 16.0. The van der Waals surface area contributed by atoms with Gasteiger partial charge in [0.05, 0.1) is 27.2 Å². The van der Waals surface area contributed by atoms with Crippen LogP contribution in [0.4, 0.5) is 5.69 Å². The molecule has 0 saturated heterocycles. The molecule has 0 aliphatic heterocycles. The lowest BCUT2D eigenvalue weighted by Crippen LogP contribution is -2.36. The molecular formula is C17H17Cl2NO4S. The molecule has 0 bridgehead atoms. The van der Waals surface area contributed by atoms with E-state index in [4.69, 9.17) is 27.9 Å². The topological polar surface area (TPSA) is 63.7 Å². The molecule has 0 aliphatic carbocycles. The van der Waals surface area contributed by atoms with Gasteiger partial charge in [0.15, 0.2) is 0 Å². The smallest absolute Gasteiger partial charge is 0.326 e. The van der Waals surface area contributed by atoms with Crippen LogP contribution in [-0.4, -0.2) is 27.5 Å². The van der Waals surface area contributed by atoms with Crippen LogP contribution in [0.2, 0.25) is 10.0 Å². The second-order valence-corrected chi connectivity index (χ2v) is 7.90. The van der Waals surface area contributed by atoms with Crippen LogP contribution in [0.3, 0.4) is 0 Å². The fourth-order valence-electron chi connectivity index (χ4n) is 2.11. The van der Waals surface area contributed by atoms with Crippen LogP contribution in [0.25, 0.3) is 0 Å². The fraction of sp³-hybridized carbons (Fsp3) is 0.235. The Morgan fingerprint density at radius 1 is 1.08 bits per heavy atom. The van der Waals surface area contributed by atoms with Gasteiger partial charge in [-0.15, -0.1) is 0 Å². The number of halogens is 2. The Labute approximate surface area is 157 Å². The normalized spacial score (nSPS) is 11.2. The highest BCUT2D eigenvalue weighted by Gasteiger charge is 2.28. The number of esters is 1. The van der Waals surface area contributed by atoms with Gasteiger partial charge in [-0.25, -0.2) is 8.42 Å². The van der Waals surface area contributed by atoms with Gasteiger partial charge in [0.25, 0.3) is 10.0 Å². The maximum Gasteiger partial charge on any atom is 0.326 e. The molecule has 134 valence electrons. The Morgan fingerprint density at radius 2 is 1.72 bits per heavy atom. The minimum absolute atomic E-state index is 0.0632. The molecule has 0 spiro atoms. The van der Waals surface area contributed by atoms with Gasteiger partial charge in [-0.3, -0.25) is 9.10 Å². The van der Waals surface area contributed by atoms with Crippen molar-refractivity contribution < 1.29 is 17.9 Å². The Morgan fingerprint density at radius 3 is 2.28 bits per heavy atom. The third-order valence-electron chi connectivity index (χ3n) is 3.38. The van der Waals surface area contributed by atoms with E-state index in [1.807, 2.05) is 6.92 Å². The molecule has 0 aromatic heterocycles. The third kappa shape index (κ3) is 4.66. The lowest BCUT2D eigenvalue weighted by atomic mass is 10.2. The monoisotopic (exact) mass is 401 g/mol. The first-order chi connectivity index (χ1) is 11.8. The van der Waals surface area contributed by atoms with E-state index in [2.05, 4.69) is 0 Å². The number of hydrogen-bond donors (Lipinski definition) is 0. The molecule has 0 unspecified atom stereocenters. The van der Waals surface area contributed by atoms with E-state index in [1.54, 1.807) is 31.2 Å².